The molecule has 0 amide bonds. The van der Waals surface area contributed by atoms with Gasteiger partial charge < -0.3 is 5.73 Å². The second-order valence-electron chi connectivity index (χ2n) is 3.56. The fourth-order valence-corrected chi connectivity index (χ4v) is 1.82. The number of nitrogens with one attached hydrogen (secondary N) is 2. The van der Waals surface area contributed by atoms with Gasteiger partial charge in [-0.25, -0.2) is 5.43 Å². The zero-order valence-electron chi connectivity index (χ0n) is 7.83. The van der Waals surface area contributed by atoms with Crippen LogP contribution in [0.4, 0.5) is 0 Å². The quantitative estimate of drug-likeness (QED) is 0.689. The number of hydrogen-bond acceptors (Lipinski definition) is 3. The number of nitrogens with two attached hydrogens (primary N) is 1. The van der Waals surface area contributed by atoms with Crippen molar-refractivity contribution in [3.8, 4) is 0 Å². The summed E-state index contributed by atoms with van der Waals surface area (Å²) in [5, 5.41) is 0.773. The van der Waals surface area contributed by atoms with Crippen molar-refractivity contribution in [3.63, 3.8) is 0 Å². The van der Waals surface area contributed by atoms with Crippen molar-refractivity contribution in [2.24, 2.45) is 5.73 Å². The number of rotatable bonds is 2. The predicted octanol–water partition coefficient (Wildman–Crippen LogP) is 1.21. The Morgan fingerprint density at radius 3 is 2.57 bits per heavy atom. The predicted molar refractivity (Wildman–Crippen MR) is 57.9 cm³/mol. The molecular weight excluding hydrogens is 198 g/mol. The van der Waals surface area contributed by atoms with Gasteiger partial charge in [-0.1, -0.05) is 23.7 Å². The van der Waals surface area contributed by atoms with Gasteiger partial charge in [0.15, 0.2) is 0 Å². The van der Waals surface area contributed by atoms with Crippen LogP contribution >= 0.6 is 11.6 Å². The summed E-state index contributed by atoms with van der Waals surface area (Å²) in [7, 11) is 0. The van der Waals surface area contributed by atoms with Crippen LogP contribution in [0.5, 0.6) is 0 Å². The third kappa shape index (κ3) is 2.07. The number of halogens is 1. The summed E-state index contributed by atoms with van der Waals surface area (Å²) in [6, 6.07) is 8.63. The van der Waals surface area contributed by atoms with E-state index < -0.39 is 0 Å². The number of benzene rings is 1. The Morgan fingerprint density at radius 1 is 1.29 bits per heavy atom. The lowest BCUT2D eigenvalue weighted by Crippen LogP contribution is -2.35. The lowest BCUT2D eigenvalue weighted by molar-refractivity contribution is 0.546. The molecule has 1 aromatic carbocycles. The SMILES string of the molecule is NCC1CC(c2ccc(Cl)cc2)NN1. The molecule has 0 saturated carbocycles. The fraction of sp³-hybridized carbons (Fsp3) is 0.400. The van der Waals surface area contributed by atoms with Crippen LogP contribution in [-0.4, -0.2) is 12.6 Å². The molecule has 2 atom stereocenters. The molecule has 0 spiro atoms. The third-order valence-corrected chi connectivity index (χ3v) is 2.79. The van der Waals surface area contributed by atoms with E-state index >= 15 is 0 Å². The number of hydrogen-bond donors (Lipinski definition) is 3. The summed E-state index contributed by atoms with van der Waals surface area (Å²) in [6.45, 7) is 0.664. The van der Waals surface area contributed by atoms with Crippen LogP contribution in [0.3, 0.4) is 0 Å². The van der Waals surface area contributed by atoms with Crippen LogP contribution < -0.4 is 16.6 Å². The van der Waals surface area contributed by atoms with E-state index in [1.165, 1.54) is 5.56 Å². The van der Waals surface area contributed by atoms with Crippen molar-refractivity contribution in [2.45, 2.75) is 18.5 Å². The molecule has 2 rings (SSSR count). The van der Waals surface area contributed by atoms with Gasteiger partial charge in [-0.2, -0.15) is 0 Å². The van der Waals surface area contributed by atoms with E-state index in [0.29, 0.717) is 18.6 Å². The van der Waals surface area contributed by atoms with Crippen molar-refractivity contribution in [2.75, 3.05) is 6.54 Å². The first-order valence-electron chi connectivity index (χ1n) is 4.76. The highest BCUT2D eigenvalue weighted by molar-refractivity contribution is 6.30. The van der Waals surface area contributed by atoms with Gasteiger partial charge in [0.2, 0.25) is 0 Å². The van der Waals surface area contributed by atoms with E-state index in [2.05, 4.69) is 10.9 Å². The summed E-state index contributed by atoms with van der Waals surface area (Å²) in [6.07, 6.45) is 1.03. The average molecular weight is 212 g/mol. The van der Waals surface area contributed by atoms with Gasteiger partial charge in [-0.15, -0.1) is 0 Å². The molecule has 1 fully saturated rings. The third-order valence-electron chi connectivity index (χ3n) is 2.54. The summed E-state index contributed by atoms with van der Waals surface area (Å²) in [5.41, 5.74) is 13.2. The lowest BCUT2D eigenvalue weighted by Gasteiger charge is -2.09. The first-order valence-corrected chi connectivity index (χ1v) is 5.14. The second kappa shape index (κ2) is 4.28. The first-order chi connectivity index (χ1) is 6.79. The van der Waals surface area contributed by atoms with Gasteiger partial charge in [-0.3, -0.25) is 5.43 Å². The van der Waals surface area contributed by atoms with E-state index in [4.69, 9.17) is 17.3 Å². The standard InChI is InChI=1S/C10H14ClN3/c11-8-3-1-7(2-4-8)10-5-9(6-12)13-14-10/h1-4,9-10,13-14H,5-6,12H2. The highest BCUT2D eigenvalue weighted by Gasteiger charge is 2.23. The van der Waals surface area contributed by atoms with Crippen molar-refractivity contribution >= 4 is 11.6 Å². The normalized spacial score (nSPS) is 26.7. The van der Waals surface area contributed by atoms with Crippen LogP contribution in [0.15, 0.2) is 24.3 Å². The average Bonchev–Trinajstić information content (AvgIpc) is 2.67. The molecule has 76 valence electrons. The molecule has 0 aromatic heterocycles. The van der Waals surface area contributed by atoms with Crippen LogP contribution in [0.1, 0.15) is 18.0 Å². The molecule has 1 heterocycles. The second-order valence-corrected chi connectivity index (χ2v) is 4.00. The Kier molecular flexibility index (Phi) is 3.03. The highest BCUT2D eigenvalue weighted by Crippen LogP contribution is 2.22. The molecule has 4 N–H and O–H groups in total. The van der Waals surface area contributed by atoms with Crippen molar-refractivity contribution in [1.82, 2.24) is 10.9 Å². The zero-order valence-corrected chi connectivity index (χ0v) is 8.59. The Bertz CT molecular complexity index is 299. The Balaban J connectivity index is 2.06. The molecule has 0 radical (unpaired) electrons. The van der Waals surface area contributed by atoms with Crippen LogP contribution in [-0.2, 0) is 0 Å². The molecule has 4 heteroatoms. The van der Waals surface area contributed by atoms with Crippen LogP contribution in [0.25, 0.3) is 0 Å². The minimum Gasteiger partial charge on any atom is -0.329 e. The summed E-state index contributed by atoms with van der Waals surface area (Å²) in [5.74, 6) is 0. The topological polar surface area (TPSA) is 50.1 Å². The largest absolute Gasteiger partial charge is 0.329 e. The van der Waals surface area contributed by atoms with Crippen LogP contribution in [0, 0.1) is 0 Å². The van der Waals surface area contributed by atoms with Crippen molar-refractivity contribution < 1.29 is 0 Å². The van der Waals surface area contributed by atoms with Gasteiger partial charge >= 0.3 is 0 Å². The molecule has 14 heavy (non-hydrogen) atoms. The summed E-state index contributed by atoms with van der Waals surface area (Å²) < 4.78 is 0. The molecule has 2 unspecified atom stereocenters. The Hall–Kier alpha value is -0.610. The Labute approximate surface area is 88.6 Å². The molecule has 0 aliphatic carbocycles. The first kappa shape index (κ1) is 9.93. The summed E-state index contributed by atoms with van der Waals surface area (Å²) >= 11 is 5.82. The van der Waals surface area contributed by atoms with Crippen molar-refractivity contribution in [1.29, 1.82) is 0 Å². The van der Waals surface area contributed by atoms with Gasteiger partial charge in [0.1, 0.15) is 0 Å². The molecule has 1 aliphatic heterocycles. The minimum absolute atomic E-state index is 0.348. The van der Waals surface area contributed by atoms with Gasteiger partial charge in [0.05, 0.1) is 0 Å². The van der Waals surface area contributed by atoms with Crippen molar-refractivity contribution in [3.05, 3.63) is 34.9 Å². The molecule has 1 saturated heterocycles. The van der Waals surface area contributed by atoms with E-state index in [1.54, 1.807) is 0 Å². The maximum Gasteiger partial charge on any atom is 0.0478 e. The van der Waals surface area contributed by atoms with E-state index in [-0.39, 0.29) is 0 Å². The van der Waals surface area contributed by atoms with E-state index in [0.717, 1.165) is 11.4 Å². The monoisotopic (exact) mass is 211 g/mol. The smallest absolute Gasteiger partial charge is 0.0478 e. The summed E-state index contributed by atoms with van der Waals surface area (Å²) in [4.78, 5) is 0. The zero-order chi connectivity index (χ0) is 9.97. The van der Waals surface area contributed by atoms with Gasteiger partial charge in [0, 0.05) is 23.7 Å². The molecule has 3 nitrogen and oxygen atoms in total. The lowest BCUT2D eigenvalue weighted by atomic mass is 10.0. The Morgan fingerprint density at radius 2 is 2.00 bits per heavy atom. The maximum absolute atomic E-state index is 5.82. The number of hydrazine groups is 1. The molecule has 1 aromatic rings. The maximum atomic E-state index is 5.82. The van der Waals surface area contributed by atoms with E-state index in [9.17, 15) is 0 Å². The minimum atomic E-state index is 0.348. The molecule has 0 bridgehead atoms. The van der Waals surface area contributed by atoms with Crippen LogP contribution in [0.2, 0.25) is 5.02 Å². The fourth-order valence-electron chi connectivity index (χ4n) is 1.69. The molecular formula is C10H14ClN3. The van der Waals surface area contributed by atoms with E-state index in [1.807, 2.05) is 24.3 Å². The highest BCUT2D eigenvalue weighted by atomic mass is 35.5. The van der Waals surface area contributed by atoms with Gasteiger partial charge in [-0.05, 0) is 24.1 Å². The van der Waals surface area contributed by atoms with Gasteiger partial charge in [0.25, 0.3) is 0 Å². The molecule has 1 aliphatic rings.